The Kier molecular flexibility index (Phi) is 4.15. The summed E-state index contributed by atoms with van der Waals surface area (Å²) in [5.74, 6) is 1.61. The molecule has 24 heavy (non-hydrogen) atoms. The van der Waals surface area contributed by atoms with Gasteiger partial charge in [-0.2, -0.15) is 5.10 Å². The van der Waals surface area contributed by atoms with Gasteiger partial charge < -0.3 is 10.3 Å². The first-order chi connectivity index (χ1) is 11.5. The van der Waals surface area contributed by atoms with Gasteiger partial charge in [0.15, 0.2) is 5.65 Å². The van der Waals surface area contributed by atoms with E-state index in [4.69, 9.17) is 0 Å². The molecule has 9 heteroatoms. The number of fused-ring (bicyclic) bond motifs is 1. The summed E-state index contributed by atoms with van der Waals surface area (Å²) < 4.78 is 1.71. The third-order valence-corrected chi connectivity index (χ3v) is 3.71. The lowest BCUT2D eigenvalue weighted by Crippen LogP contribution is -2.25. The van der Waals surface area contributed by atoms with Crippen molar-refractivity contribution < 1.29 is 0 Å². The Balaban J connectivity index is 1.84. The Bertz CT molecular complexity index is 983. The van der Waals surface area contributed by atoms with E-state index in [9.17, 15) is 9.59 Å². The molecule has 3 aromatic rings. The van der Waals surface area contributed by atoms with E-state index in [1.54, 1.807) is 10.9 Å². The summed E-state index contributed by atoms with van der Waals surface area (Å²) in [6.07, 6.45) is 3.60. The lowest BCUT2D eigenvalue weighted by Gasteiger charge is -2.10. The van der Waals surface area contributed by atoms with Gasteiger partial charge in [-0.25, -0.2) is 14.8 Å². The Labute approximate surface area is 137 Å². The highest BCUT2D eigenvalue weighted by atomic mass is 16.2. The molecule has 0 atom stereocenters. The van der Waals surface area contributed by atoms with Crippen molar-refractivity contribution in [2.45, 2.75) is 26.2 Å². The zero-order valence-electron chi connectivity index (χ0n) is 13.8. The molecule has 0 aliphatic rings. The second-order valence-electron chi connectivity index (χ2n) is 5.86. The summed E-state index contributed by atoms with van der Waals surface area (Å²) in [5.41, 5.74) is 0.379. The van der Waals surface area contributed by atoms with Gasteiger partial charge in [-0.05, 0) is 6.42 Å². The van der Waals surface area contributed by atoms with E-state index in [2.05, 4.69) is 30.4 Å². The number of H-pyrrole nitrogens is 2. The highest BCUT2D eigenvalue weighted by molar-refractivity contribution is 5.86. The molecule has 0 aliphatic heterocycles. The molecule has 0 spiro atoms. The van der Waals surface area contributed by atoms with Crippen LogP contribution in [0.4, 0.5) is 5.82 Å². The molecule has 0 aliphatic carbocycles. The van der Waals surface area contributed by atoms with E-state index in [1.165, 1.54) is 6.20 Å². The molecule has 126 valence electrons. The van der Waals surface area contributed by atoms with Crippen molar-refractivity contribution in [1.82, 2.24) is 29.7 Å². The standard InChI is InChI=1S/C15H19N7O2/c1-8(2)11-19-12(10-7-18-22(3)13(10)20-11)16-5-4-9-6-17-15(24)21-14(9)23/h6-8H,4-5H2,1-3H3,(H,16,19,20)(H2,17,21,23,24). The van der Waals surface area contributed by atoms with Crippen LogP contribution >= 0.6 is 0 Å². The largest absolute Gasteiger partial charge is 0.369 e. The van der Waals surface area contributed by atoms with E-state index in [0.29, 0.717) is 24.3 Å². The van der Waals surface area contributed by atoms with Crippen LogP contribution in [-0.2, 0) is 13.5 Å². The van der Waals surface area contributed by atoms with Crippen molar-refractivity contribution in [1.29, 1.82) is 0 Å². The summed E-state index contributed by atoms with van der Waals surface area (Å²) in [7, 11) is 1.84. The summed E-state index contributed by atoms with van der Waals surface area (Å²) in [6, 6.07) is 0. The number of nitrogens with one attached hydrogen (secondary N) is 3. The number of aromatic amines is 2. The third-order valence-electron chi connectivity index (χ3n) is 3.71. The average Bonchev–Trinajstić information content (AvgIpc) is 2.91. The van der Waals surface area contributed by atoms with Crippen molar-refractivity contribution in [2.24, 2.45) is 7.05 Å². The maximum atomic E-state index is 11.7. The van der Waals surface area contributed by atoms with Crippen LogP contribution in [-0.4, -0.2) is 36.3 Å². The first-order valence-electron chi connectivity index (χ1n) is 7.70. The number of anilines is 1. The minimum atomic E-state index is -0.508. The average molecular weight is 329 g/mol. The van der Waals surface area contributed by atoms with Gasteiger partial charge in [-0.1, -0.05) is 13.8 Å². The number of nitrogens with zero attached hydrogens (tertiary/aromatic N) is 4. The van der Waals surface area contributed by atoms with Gasteiger partial charge in [0.1, 0.15) is 11.6 Å². The highest BCUT2D eigenvalue weighted by Crippen LogP contribution is 2.22. The van der Waals surface area contributed by atoms with E-state index < -0.39 is 5.69 Å². The van der Waals surface area contributed by atoms with Crippen LogP contribution in [0.5, 0.6) is 0 Å². The topological polar surface area (TPSA) is 121 Å². The zero-order chi connectivity index (χ0) is 17.3. The van der Waals surface area contributed by atoms with Gasteiger partial charge >= 0.3 is 5.69 Å². The van der Waals surface area contributed by atoms with Crippen molar-refractivity contribution in [3.8, 4) is 0 Å². The SMILES string of the molecule is CC(C)c1nc(NCCc2c[nH]c(=O)[nH]c2=O)c2cnn(C)c2n1. The summed E-state index contributed by atoms with van der Waals surface area (Å²) in [6.45, 7) is 4.55. The Morgan fingerprint density at radius 3 is 2.79 bits per heavy atom. The van der Waals surface area contributed by atoms with Crippen LogP contribution in [0.2, 0.25) is 0 Å². The van der Waals surface area contributed by atoms with E-state index >= 15 is 0 Å². The quantitative estimate of drug-likeness (QED) is 0.627. The summed E-state index contributed by atoms with van der Waals surface area (Å²) in [5, 5.41) is 8.29. The molecule has 0 unspecified atom stereocenters. The molecule has 0 fully saturated rings. The smallest absolute Gasteiger partial charge is 0.325 e. The van der Waals surface area contributed by atoms with Gasteiger partial charge in [0.25, 0.3) is 5.56 Å². The van der Waals surface area contributed by atoms with E-state index in [0.717, 1.165) is 16.9 Å². The third kappa shape index (κ3) is 3.05. The van der Waals surface area contributed by atoms with Crippen LogP contribution in [0.15, 0.2) is 22.0 Å². The Morgan fingerprint density at radius 2 is 2.08 bits per heavy atom. The minimum Gasteiger partial charge on any atom is -0.369 e. The molecule has 0 saturated carbocycles. The van der Waals surface area contributed by atoms with Gasteiger partial charge in [0, 0.05) is 31.3 Å². The number of hydrogen-bond donors (Lipinski definition) is 3. The molecule has 0 aromatic carbocycles. The van der Waals surface area contributed by atoms with Crippen LogP contribution in [0, 0.1) is 0 Å². The van der Waals surface area contributed by atoms with Crippen molar-refractivity contribution in [3.63, 3.8) is 0 Å². The molecule has 0 radical (unpaired) electrons. The number of aromatic nitrogens is 6. The predicted octanol–water partition coefficient (Wildman–Crippen LogP) is 0.518. The van der Waals surface area contributed by atoms with Crippen molar-refractivity contribution >= 4 is 16.9 Å². The number of hydrogen-bond acceptors (Lipinski definition) is 6. The van der Waals surface area contributed by atoms with Crippen LogP contribution in [0.25, 0.3) is 11.0 Å². The Hall–Kier alpha value is -2.97. The normalized spacial score (nSPS) is 11.3. The monoisotopic (exact) mass is 329 g/mol. The van der Waals surface area contributed by atoms with Gasteiger partial charge in [0.2, 0.25) is 0 Å². The number of rotatable bonds is 5. The predicted molar refractivity (Wildman–Crippen MR) is 90.3 cm³/mol. The molecule has 0 saturated heterocycles. The van der Waals surface area contributed by atoms with Crippen molar-refractivity contribution in [3.05, 3.63) is 44.6 Å². The van der Waals surface area contributed by atoms with Crippen LogP contribution in [0.1, 0.15) is 31.2 Å². The molecule has 3 heterocycles. The fraction of sp³-hybridized carbons (Fsp3) is 0.400. The molecule has 0 bridgehead atoms. The summed E-state index contributed by atoms with van der Waals surface area (Å²) >= 11 is 0. The maximum absolute atomic E-state index is 11.7. The fourth-order valence-electron chi connectivity index (χ4n) is 2.37. The van der Waals surface area contributed by atoms with Crippen molar-refractivity contribution in [2.75, 3.05) is 11.9 Å². The van der Waals surface area contributed by atoms with Gasteiger partial charge in [-0.15, -0.1) is 0 Å². The molecule has 3 aromatic heterocycles. The zero-order valence-corrected chi connectivity index (χ0v) is 13.8. The second kappa shape index (κ2) is 6.26. The summed E-state index contributed by atoms with van der Waals surface area (Å²) in [4.78, 5) is 36.5. The fourth-order valence-corrected chi connectivity index (χ4v) is 2.37. The molecule has 3 rings (SSSR count). The Morgan fingerprint density at radius 1 is 1.29 bits per heavy atom. The van der Waals surface area contributed by atoms with Crippen LogP contribution < -0.4 is 16.6 Å². The first kappa shape index (κ1) is 15.9. The molecule has 9 nitrogen and oxygen atoms in total. The highest BCUT2D eigenvalue weighted by Gasteiger charge is 2.13. The van der Waals surface area contributed by atoms with Crippen LogP contribution in [0.3, 0.4) is 0 Å². The molecule has 0 amide bonds. The molecular weight excluding hydrogens is 310 g/mol. The molecule has 3 N–H and O–H groups in total. The van der Waals surface area contributed by atoms with Gasteiger partial charge in [0.05, 0.1) is 11.6 Å². The van der Waals surface area contributed by atoms with Gasteiger partial charge in [-0.3, -0.25) is 14.5 Å². The second-order valence-corrected chi connectivity index (χ2v) is 5.86. The maximum Gasteiger partial charge on any atom is 0.325 e. The van der Waals surface area contributed by atoms with E-state index in [-0.39, 0.29) is 11.5 Å². The van der Waals surface area contributed by atoms with E-state index in [1.807, 2.05) is 20.9 Å². The molecular formula is C15H19N7O2. The number of aryl methyl sites for hydroxylation is 1. The lowest BCUT2D eigenvalue weighted by molar-refractivity contribution is 0.751. The minimum absolute atomic E-state index is 0.187. The lowest BCUT2D eigenvalue weighted by atomic mass is 10.2. The first-order valence-corrected chi connectivity index (χ1v) is 7.70.